The predicted octanol–water partition coefficient (Wildman–Crippen LogP) is 4.54. The Labute approximate surface area is 179 Å². The molecule has 1 aliphatic rings. The number of anilines is 1. The Morgan fingerprint density at radius 3 is 2.36 bits per heavy atom. The zero-order chi connectivity index (χ0) is 19.7. The first kappa shape index (κ1) is 19.6. The molecule has 0 atom stereocenters. The minimum atomic E-state index is -3.85. The molecular formula is C19H16Br2N2O4S. The van der Waals surface area contributed by atoms with Crippen LogP contribution in [-0.4, -0.2) is 39.7 Å². The zero-order valence-corrected chi connectivity index (χ0v) is 18.6. The average molecular weight is 528 g/mol. The highest BCUT2D eigenvalue weighted by atomic mass is 79.9. The molecule has 1 saturated heterocycles. The lowest BCUT2D eigenvalue weighted by atomic mass is 10.2. The van der Waals surface area contributed by atoms with Crippen molar-refractivity contribution in [1.82, 2.24) is 4.98 Å². The second-order valence-corrected chi connectivity index (χ2v) is 9.89. The minimum absolute atomic E-state index is 0.0771. The van der Waals surface area contributed by atoms with Crippen molar-refractivity contribution in [1.29, 1.82) is 0 Å². The van der Waals surface area contributed by atoms with E-state index in [9.17, 15) is 8.42 Å². The molecule has 0 saturated carbocycles. The van der Waals surface area contributed by atoms with E-state index in [1.54, 1.807) is 24.3 Å². The molecule has 0 radical (unpaired) electrons. The molecule has 4 rings (SSSR count). The highest BCUT2D eigenvalue weighted by Gasteiger charge is 2.32. The van der Waals surface area contributed by atoms with Crippen molar-refractivity contribution in [3.8, 4) is 11.5 Å². The highest BCUT2D eigenvalue weighted by Crippen LogP contribution is 2.35. The van der Waals surface area contributed by atoms with Crippen LogP contribution < -0.4 is 4.90 Å². The van der Waals surface area contributed by atoms with Gasteiger partial charge in [0.1, 0.15) is 0 Å². The van der Waals surface area contributed by atoms with E-state index in [-0.39, 0.29) is 21.7 Å². The van der Waals surface area contributed by atoms with Gasteiger partial charge in [-0.25, -0.2) is 8.42 Å². The molecule has 0 spiro atoms. The molecule has 0 amide bonds. The van der Waals surface area contributed by atoms with Crippen molar-refractivity contribution in [2.75, 3.05) is 31.2 Å². The van der Waals surface area contributed by atoms with Crippen molar-refractivity contribution in [2.24, 2.45) is 0 Å². The molecule has 0 N–H and O–H groups in total. The molecule has 1 aromatic heterocycles. The summed E-state index contributed by atoms with van der Waals surface area (Å²) in [5.41, 5.74) is 0.696. The van der Waals surface area contributed by atoms with Crippen LogP contribution >= 0.6 is 31.9 Å². The Kier molecular flexibility index (Phi) is 5.59. The van der Waals surface area contributed by atoms with Crippen LogP contribution in [0.4, 0.5) is 5.88 Å². The SMILES string of the molecule is O=S(=O)(c1ccc(Br)cc1)c1nc(-c2cccc(Br)c2)oc1N1CCOCC1. The Bertz CT molecular complexity index is 1090. The van der Waals surface area contributed by atoms with Gasteiger partial charge < -0.3 is 14.1 Å². The van der Waals surface area contributed by atoms with E-state index in [0.717, 1.165) is 8.95 Å². The number of oxazole rings is 1. The zero-order valence-electron chi connectivity index (χ0n) is 14.6. The summed E-state index contributed by atoms with van der Waals surface area (Å²) in [5, 5.41) is -0.0771. The average Bonchev–Trinajstić information content (AvgIpc) is 3.15. The summed E-state index contributed by atoms with van der Waals surface area (Å²) in [4.78, 5) is 6.43. The number of aromatic nitrogens is 1. The Morgan fingerprint density at radius 2 is 1.68 bits per heavy atom. The third-order valence-corrected chi connectivity index (χ3v) is 7.02. The Balaban J connectivity index is 1.85. The number of hydrogen-bond acceptors (Lipinski definition) is 6. The molecule has 9 heteroatoms. The molecule has 28 heavy (non-hydrogen) atoms. The van der Waals surface area contributed by atoms with Crippen molar-refractivity contribution in [3.63, 3.8) is 0 Å². The van der Waals surface area contributed by atoms with Gasteiger partial charge in [0, 0.05) is 27.6 Å². The summed E-state index contributed by atoms with van der Waals surface area (Å²) < 4.78 is 39.7. The molecule has 0 unspecified atom stereocenters. The quantitative estimate of drug-likeness (QED) is 0.496. The topological polar surface area (TPSA) is 72.6 Å². The van der Waals surface area contributed by atoms with Crippen molar-refractivity contribution in [3.05, 3.63) is 57.5 Å². The first-order valence-electron chi connectivity index (χ1n) is 8.55. The van der Waals surface area contributed by atoms with Crippen LogP contribution in [0.25, 0.3) is 11.5 Å². The van der Waals surface area contributed by atoms with Crippen LogP contribution in [0, 0.1) is 0 Å². The molecular weight excluding hydrogens is 512 g/mol. The number of hydrogen-bond donors (Lipinski definition) is 0. The van der Waals surface area contributed by atoms with Crippen LogP contribution in [-0.2, 0) is 14.6 Å². The number of ether oxygens (including phenoxy) is 1. The fourth-order valence-electron chi connectivity index (χ4n) is 2.91. The maximum atomic E-state index is 13.3. The third kappa shape index (κ3) is 3.89. The first-order valence-corrected chi connectivity index (χ1v) is 11.6. The van der Waals surface area contributed by atoms with E-state index in [4.69, 9.17) is 9.15 Å². The normalized spacial score (nSPS) is 15.0. The molecule has 1 aliphatic heterocycles. The monoisotopic (exact) mass is 526 g/mol. The van der Waals surface area contributed by atoms with E-state index in [1.807, 2.05) is 29.2 Å². The maximum absolute atomic E-state index is 13.3. The Hall–Kier alpha value is -1.68. The van der Waals surface area contributed by atoms with Gasteiger partial charge in [0.25, 0.3) is 0 Å². The lowest BCUT2D eigenvalue weighted by molar-refractivity contribution is 0.120. The van der Waals surface area contributed by atoms with Crippen molar-refractivity contribution in [2.45, 2.75) is 9.92 Å². The van der Waals surface area contributed by atoms with Gasteiger partial charge in [-0.1, -0.05) is 37.9 Å². The van der Waals surface area contributed by atoms with E-state index in [0.29, 0.717) is 31.9 Å². The number of morpholine rings is 1. The fourth-order valence-corrected chi connectivity index (χ4v) is 4.89. The van der Waals surface area contributed by atoms with E-state index in [1.165, 1.54) is 0 Å². The van der Waals surface area contributed by atoms with E-state index in [2.05, 4.69) is 36.8 Å². The summed E-state index contributed by atoms with van der Waals surface area (Å²) in [5.74, 6) is 0.514. The second kappa shape index (κ2) is 7.98. The van der Waals surface area contributed by atoms with E-state index >= 15 is 0 Å². The smallest absolute Gasteiger partial charge is 0.236 e. The Morgan fingerprint density at radius 1 is 0.964 bits per heavy atom. The van der Waals surface area contributed by atoms with E-state index < -0.39 is 9.84 Å². The summed E-state index contributed by atoms with van der Waals surface area (Å²) in [7, 11) is -3.85. The summed E-state index contributed by atoms with van der Waals surface area (Å²) >= 11 is 6.76. The van der Waals surface area contributed by atoms with Gasteiger partial charge in [-0.15, -0.1) is 0 Å². The van der Waals surface area contributed by atoms with Gasteiger partial charge in [-0.2, -0.15) is 4.98 Å². The van der Waals surface area contributed by atoms with Crippen LogP contribution in [0.2, 0.25) is 0 Å². The van der Waals surface area contributed by atoms with Crippen molar-refractivity contribution < 1.29 is 17.6 Å². The van der Waals surface area contributed by atoms with Gasteiger partial charge in [0.2, 0.25) is 26.6 Å². The number of rotatable bonds is 4. The maximum Gasteiger partial charge on any atom is 0.236 e. The number of sulfone groups is 1. The lowest BCUT2D eigenvalue weighted by Gasteiger charge is -2.26. The fraction of sp³-hybridized carbons (Fsp3) is 0.211. The summed E-state index contributed by atoms with van der Waals surface area (Å²) in [6.07, 6.45) is 0. The first-order chi connectivity index (χ1) is 13.4. The number of nitrogens with zero attached hydrogens (tertiary/aromatic N) is 2. The third-order valence-electron chi connectivity index (χ3n) is 4.33. The molecule has 1 fully saturated rings. The number of halogens is 2. The molecule has 0 bridgehead atoms. The molecule has 6 nitrogen and oxygen atoms in total. The molecule has 2 aromatic carbocycles. The van der Waals surface area contributed by atoms with Crippen LogP contribution in [0.3, 0.4) is 0 Å². The van der Waals surface area contributed by atoms with Gasteiger partial charge in [-0.3, -0.25) is 0 Å². The molecule has 3 aromatic rings. The van der Waals surface area contributed by atoms with Crippen LogP contribution in [0.1, 0.15) is 0 Å². The standard InChI is InChI=1S/C19H16Br2N2O4S/c20-14-4-6-16(7-5-14)28(24,25)18-19(23-8-10-26-11-9-23)27-17(22-18)13-2-1-3-15(21)12-13/h1-7,12H,8-11H2. The minimum Gasteiger partial charge on any atom is -0.419 e. The van der Waals surface area contributed by atoms with Gasteiger partial charge in [0.15, 0.2) is 0 Å². The largest absolute Gasteiger partial charge is 0.419 e. The predicted molar refractivity (Wildman–Crippen MR) is 112 cm³/mol. The summed E-state index contributed by atoms with van der Waals surface area (Å²) in [6.45, 7) is 2.08. The molecule has 146 valence electrons. The second-order valence-electron chi connectivity index (χ2n) is 6.20. The van der Waals surface area contributed by atoms with Crippen molar-refractivity contribution >= 4 is 47.6 Å². The molecule has 2 heterocycles. The van der Waals surface area contributed by atoms with Crippen LogP contribution in [0.15, 0.2) is 71.8 Å². The molecule has 0 aliphatic carbocycles. The number of benzene rings is 2. The van der Waals surface area contributed by atoms with Gasteiger partial charge >= 0.3 is 0 Å². The lowest BCUT2D eigenvalue weighted by Crippen LogP contribution is -2.36. The van der Waals surface area contributed by atoms with Gasteiger partial charge in [0.05, 0.1) is 18.1 Å². The van der Waals surface area contributed by atoms with Crippen LogP contribution in [0.5, 0.6) is 0 Å². The highest BCUT2D eigenvalue weighted by molar-refractivity contribution is 9.10. The summed E-state index contributed by atoms with van der Waals surface area (Å²) in [6, 6.07) is 13.9. The van der Waals surface area contributed by atoms with Gasteiger partial charge in [-0.05, 0) is 42.5 Å².